The summed E-state index contributed by atoms with van der Waals surface area (Å²) in [4.78, 5) is 6.09. The molecule has 0 spiro atoms. The van der Waals surface area contributed by atoms with Crippen LogP contribution >= 0.6 is 11.6 Å². The van der Waals surface area contributed by atoms with Gasteiger partial charge in [0.25, 0.3) is 0 Å². The van der Waals surface area contributed by atoms with E-state index < -0.39 is 0 Å². The molecule has 0 fully saturated rings. The lowest BCUT2D eigenvalue weighted by Crippen LogP contribution is -2.30. The van der Waals surface area contributed by atoms with Crippen molar-refractivity contribution in [3.05, 3.63) is 23.0 Å². The van der Waals surface area contributed by atoms with Crippen LogP contribution in [0.4, 0.5) is 0 Å². The normalized spacial score (nSPS) is 12.9. The summed E-state index contributed by atoms with van der Waals surface area (Å²) in [5.41, 5.74) is 0.894. The van der Waals surface area contributed by atoms with E-state index in [0.717, 1.165) is 11.3 Å². The first-order chi connectivity index (χ1) is 7.02. The summed E-state index contributed by atoms with van der Waals surface area (Å²) >= 11 is 5.89. The highest BCUT2D eigenvalue weighted by atomic mass is 35.5. The molecule has 0 bridgehead atoms. The van der Waals surface area contributed by atoms with E-state index in [9.17, 15) is 0 Å². The first kappa shape index (κ1) is 12.3. The zero-order valence-electron chi connectivity index (χ0n) is 9.62. The average Bonchev–Trinajstić information content (AvgIpc) is 2.19. The molecule has 0 aliphatic carbocycles. The Morgan fingerprint density at radius 1 is 1.53 bits per heavy atom. The largest absolute Gasteiger partial charge is 0.492 e. The van der Waals surface area contributed by atoms with Crippen LogP contribution in [0.1, 0.15) is 12.5 Å². The zero-order chi connectivity index (χ0) is 11.4. The Morgan fingerprint density at radius 3 is 2.80 bits per heavy atom. The monoisotopic (exact) mass is 228 g/mol. The number of rotatable bonds is 4. The maximum absolute atomic E-state index is 5.89. The Labute approximate surface area is 96.0 Å². The summed E-state index contributed by atoms with van der Waals surface area (Å²) in [5, 5.41) is 0.505. The van der Waals surface area contributed by atoms with E-state index in [4.69, 9.17) is 16.3 Å². The highest BCUT2D eigenvalue weighted by molar-refractivity contribution is 6.30. The third-order valence-corrected chi connectivity index (χ3v) is 2.84. The number of nitrogens with zero attached hydrogens (tertiary/aromatic N) is 2. The van der Waals surface area contributed by atoms with E-state index >= 15 is 0 Å². The molecule has 0 aliphatic rings. The average molecular weight is 229 g/mol. The number of aromatic nitrogens is 1. The molecule has 0 saturated carbocycles. The summed E-state index contributed by atoms with van der Waals surface area (Å²) in [5.74, 6) is 0.809. The van der Waals surface area contributed by atoms with Gasteiger partial charge >= 0.3 is 0 Å². The minimum atomic E-state index is 0.372. The summed E-state index contributed by atoms with van der Waals surface area (Å²) in [7, 11) is 4.06. The Bertz CT molecular complexity index is 328. The Balaban J connectivity index is 2.62. The van der Waals surface area contributed by atoms with Crippen LogP contribution in [0, 0.1) is 6.92 Å². The summed E-state index contributed by atoms with van der Waals surface area (Å²) in [6, 6.07) is 2.21. The van der Waals surface area contributed by atoms with Crippen molar-refractivity contribution < 1.29 is 4.74 Å². The molecule has 0 unspecified atom stereocenters. The molecular weight excluding hydrogens is 212 g/mol. The highest BCUT2D eigenvalue weighted by Gasteiger charge is 2.08. The van der Waals surface area contributed by atoms with Gasteiger partial charge < -0.3 is 9.64 Å². The van der Waals surface area contributed by atoms with Gasteiger partial charge in [0.15, 0.2) is 0 Å². The molecule has 0 aromatic carbocycles. The van der Waals surface area contributed by atoms with Crippen LogP contribution in [0.25, 0.3) is 0 Å². The smallest absolute Gasteiger partial charge is 0.135 e. The number of likely N-dealkylation sites (N-methyl/N-ethyl adjacent to an activating group) is 1. The van der Waals surface area contributed by atoms with Crippen LogP contribution in [0.15, 0.2) is 12.3 Å². The zero-order valence-corrected chi connectivity index (χ0v) is 10.4. The van der Waals surface area contributed by atoms with Gasteiger partial charge in [-0.15, -0.1) is 0 Å². The predicted octanol–water partition coefficient (Wildman–Crippen LogP) is 2.37. The Hall–Kier alpha value is -0.800. The SMILES string of the molecule is Cc1c(OC[C@H](C)N(C)C)ccnc1Cl. The maximum Gasteiger partial charge on any atom is 0.135 e. The molecule has 0 saturated heterocycles. The molecule has 0 aliphatic heterocycles. The van der Waals surface area contributed by atoms with Crippen molar-refractivity contribution in [2.45, 2.75) is 19.9 Å². The van der Waals surface area contributed by atoms with Gasteiger partial charge in [0, 0.05) is 17.8 Å². The van der Waals surface area contributed by atoms with Gasteiger partial charge in [-0.25, -0.2) is 4.98 Å². The second-order valence-electron chi connectivity index (χ2n) is 3.85. The highest BCUT2D eigenvalue weighted by Crippen LogP contribution is 2.22. The van der Waals surface area contributed by atoms with Crippen LogP contribution in [0.5, 0.6) is 5.75 Å². The molecule has 84 valence electrons. The van der Waals surface area contributed by atoms with Crippen LogP contribution in [0.2, 0.25) is 5.15 Å². The summed E-state index contributed by atoms with van der Waals surface area (Å²) in [6.45, 7) is 4.66. The van der Waals surface area contributed by atoms with Crippen molar-refractivity contribution in [2.75, 3.05) is 20.7 Å². The van der Waals surface area contributed by atoms with Crippen molar-refractivity contribution in [2.24, 2.45) is 0 Å². The number of hydrogen-bond acceptors (Lipinski definition) is 3. The quantitative estimate of drug-likeness (QED) is 0.740. The molecule has 1 heterocycles. The van der Waals surface area contributed by atoms with Gasteiger partial charge in [-0.2, -0.15) is 0 Å². The number of ether oxygens (including phenoxy) is 1. The van der Waals surface area contributed by atoms with Crippen LogP contribution < -0.4 is 4.74 Å². The first-order valence-electron chi connectivity index (χ1n) is 4.92. The van der Waals surface area contributed by atoms with E-state index in [1.165, 1.54) is 0 Å². The van der Waals surface area contributed by atoms with E-state index in [2.05, 4.69) is 16.8 Å². The predicted molar refractivity (Wildman–Crippen MR) is 62.6 cm³/mol. The van der Waals surface area contributed by atoms with Crippen molar-refractivity contribution in [3.63, 3.8) is 0 Å². The van der Waals surface area contributed by atoms with E-state index in [1.807, 2.05) is 27.1 Å². The van der Waals surface area contributed by atoms with Crippen molar-refractivity contribution in [1.82, 2.24) is 9.88 Å². The molecule has 1 rings (SSSR count). The fraction of sp³-hybridized carbons (Fsp3) is 0.545. The lowest BCUT2D eigenvalue weighted by atomic mass is 10.3. The van der Waals surface area contributed by atoms with Gasteiger partial charge in [-0.3, -0.25) is 0 Å². The van der Waals surface area contributed by atoms with E-state index in [0.29, 0.717) is 17.8 Å². The summed E-state index contributed by atoms with van der Waals surface area (Å²) in [6.07, 6.45) is 1.66. The van der Waals surface area contributed by atoms with Gasteiger partial charge in [-0.1, -0.05) is 11.6 Å². The first-order valence-corrected chi connectivity index (χ1v) is 5.30. The Morgan fingerprint density at radius 2 is 2.20 bits per heavy atom. The summed E-state index contributed by atoms with van der Waals surface area (Å²) < 4.78 is 5.67. The van der Waals surface area contributed by atoms with Crippen molar-refractivity contribution in [3.8, 4) is 5.75 Å². The molecule has 1 aromatic rings. The molecule has 1 atom stereocenters. The topological polar surface area (TPSA) is 25.4 Å². The van der Waals surface area contributed by atoms with Crippen LogP contribution in [0.3, 0.4) is 0 Å². The third kappa shape index (κ3) is 3.36. The second-order valence-corrected chi connectivity index (χ2v) is 4.21. The lowest BCUT2D eigenvalue weighted by Gasteiger charge is -2.20. The molecule has 15 heavy (non-hydrogen) atoms. The molecular formula is C11H17ClN2O. The molecule has 1 aromatic heterocycles. The molecule has 0 N–H and O–H groups in total. The fourth-order valence-electron chi connectivity index (χ4n) is 1.01. The van der Waals surface area contributed by atoms with Gasteiger partial charge in [0.05, 0.1) is 0 Å². The molecule has 4 heteroatoms. The fourth-order valence-corrected chi connectivity index (χ4v) is 1.16. The van der Waals surface area contributed by atoms with Gasteiger partial charge in [0.2, 0.25) is 0 Å². The van der Waals surface area contributed by atoms with Crippen molar-refractivity contribution in [1.29, 1.82) is 0 Å². The molecule has 0 amide bonds. The Kier molecular flexibility index (Phi) is 4.36. The maximum atomic E-state index is 5.89. The van der Waals surface area contributed by atoms with E-state index in [1.54, 1.807) is 6.20 Å². The third-order valence-electron chi connectivity index (χ3n) is 2.45. The van der Waals surface area contributed by atoms with Crippen LogP contribution in [-0.4, -0.2) is 36.6 Å². The van der Waals surface area contributed by atoms with Gasteiger partial charge in [-0.05, 0) is 34.0 Å². The number of pyridine rings is 1. The van der Waals surface area contributed by atoms with Gasteiger partial charge in [0.1, 0.15) is 17.5 Å². The van der Waals surface area contributed by atoms with Crippen molar-refractivity contribution >= 4 is 11.6 Å². The molecule has 0 radical (unpaired) electrons. The standard InChI is InChI=1S/C11H17ClN2O/c1-8(14(3)4)7-15-10-5-6-13-11(12)9(10)2/h5-6,8H,7H2,1-4H3/t8-/m0/s1. The lowest BCUT2D eigenvalue weighted by molar-refractivity contribution is 0.197. The van der Waals surface area contributed by atoms with Crippen LogP contribution in [-0.2, 0) is 0 Å². The van der Waals surface area contributed by atoms with E-state index in [-0.39, 0.29) is 0 Å². The number of halogens is 1. The molecule has 3 nitrogen and oxygen atoms in total. The second kappa shape index (κ2) is 5.33. The minimum Gasteiger partial charge on any atom is -0.492 e. The minimum absolute atomic E-state index is 0.372. The number of hydrogen-bond donors (Lipinski definition) is 0.